The molecule has 6 N–H and O–H groups in total. The fourth-order valence-corrected chi connectivity index (χ4v) is 9.23. The van der Waals surface area contributed by atoms with Crippen LogP contribution in [0.3, 0.4) is 0 Å². The summed E-state index contributed by atoms with van der Waals surface area (Å²) in [6.45, 7) is 8.45. The first-order valence-corrected chi connectivity index (χ1v) is 25.2. The smallest absolute Gasteiger partial charge is 0.329 e. The minimum absolute atomic E-state index is 0.0319. The summed E-state index contributed by atoms with van der Waals surface area (Å²) in [6.07, 6.45) is 9.52. The molecule has 5 rings (SSSR count). The van der Waals surface area contributed by atoms with E-state index in [-0.39, 0.29) is 73.4 Å². The third-order valence-corrected chi connectivity index (χ3v) is 13.2. The molecule has 20 nitrogen and oxygen atoms in total. The van der Waals surface area contributed by atoms with Crippen molar-refractivity contribution in [3.63, 3.8) is 0 Å². The van der Waals surface area contributed by atoms with Gasteiger partial charge in [0.25, 0.3) is 16.0 Å². The van der Waals surface area contributed by atoms with Crippen molar-refractivity contribution in [1.82, 2.24) is 10.6 Å². The minimum Gasteiger partial charge on any atom is -0.491 e. The van der Waals surface area contributed by atoms with E-state index < -0.39 is 50.3 Å². The van der Waals surface area contributed by atoms with Crippen LogP contribution in [-0.2, 0) is 50.0 Å². The average Bonchev–Trinajstić information content (AvgIpc) is 3.64. The summed E-state index contributed by atoms with van der Waals surface area (Å²) >= 11 is 0. The molecule has 0 spiro atoms. The van der Waals surface area contributed by atoms with Crippen molar-refractivity contribution in [3.8, 4) is 5.75 Å². The van der Waals surface area contributed by atoms with Crippen LogP contribution in [0.1, 0.15) is 68.4 Å². The molecule has 2 aliphatic heterocycles. The summed E-state index contributed by atoms with van der Waals surface area (Å²) in [5.74, 6) is -1.86. The first-order valence-electron chi connectivity index (χ1n) is 22.1. The van der Waals surface area contributed by atoms with Crippen LogP contribution in [0, 0.1) is 0 Å². The molecule has 1 atom stereocenters. The summed E-state index contributed by atoms with van der Waals surface area (Å²) in [5, 5.41) is 23.3. The van der Waals surface area contributed by atoms with E-state index >= 15 is 0 Å². The number of fused-ring (bicyclic) bond motifs is 2. The molecule has 0 aliphatic carbocycles. The quantitative estimate of drug-likeness (QED) is 0.0131. The Morgan fingerprint density at radius 3 is 2.41 bits per heavy atom. The first kappa shape index (κ1) is 53.6. The van der Waals surface area contributed by atoms with Crippen LogP contribution in [0.2, 0.25) is 0 Å². The third kappa shape index (κ3) is 14.8. The van der Waals surface area contributed by atoms with Crippen molar-refractivity contribution >= 4 is 55.0 Å². The number of aliphatic carboxylic acids is 1. The summed E-state index contributed by atoms with van der Waals surface area (Å²) in [5.41, 5.74) is 13.5. The van der Waals surface area contributed by atoms with E-state index in [0.717, 1.165) is 33.9 Å². The maximum absolute atomic E-state index is 13.2. The topological polar surface area (TPSA) is 293 Å². The van der Waals surface area contributed by atoms with Gasteiger partial charge in [-0.2, -0.15) is 13.0 Å². The number of carbonyl (C=O) groups excluding carboxylic acids is 2. The molecule has 69 heavy (non-hydrogen) atoms. The molecule has 370 valence electrons. The van der Waals surface area contributed by atoms with Gasteiger partial charge in [-0.25, -0.2) is 18.4 Å². The van der Waals surface area contributed by atoms with Crippen LogP contribution in [0.4, 0.5) is 11.4 Å². The monoisotopic (exact) mass is 991 g/mol. The van der Waals surface area contributed by atoms with E-state index in [4.69, 9.17) is 30.0 Å². The maximum Gasteiger partial charge on any atom is 0.329 e. The fourth-order valence-electron chi connectivity index (χ4n) is 8.12. The predicted molar refractivity (Wildman–Crippen MR) is 259 cm³/mol. The molecule has 0 radical (unpaired) electrons. The number of para-hydroxylation sites is 1. The number of carbonyl (C=O) groups is 3. The van der Waals surface area contributed by atoms with Gasteiger partial charge in [0.1, 0.15) is 25.5 Å². The van der Waals surface area contributed by atoms with Crippen molar-refractivity contribution < 1.29 is 59.7 Å². The van der Waals surface area contributed by atoms with E-state index in [1.54, 1.807) is 30.3 Å². The van der Waals surface area contributed by atoms with Crippen LogP contribution in [-0.4, -0.2) is 119 Å². The van der Waals surface area contributed by atoms with Gasteiger partial charge in [0.2, 0.25) is 21.6 Å². The number of allylic oxidation sites excluding steroid dienone is 6. The zero-order valence-electron chi connectivity index (χ0n) is 38.9. The lowest BCUT2D eigenvalue weighted by Crippen LogP contribution is -2.36. The molecular formula is C47H59N8O12S2+. The van der Waals surface area contributed by atoms with Crippen LogP contribution in [0.15, 0.2) is 113 Å². The standard InChI is InChI=1S/C47H58N8O12S2/c1-46(2)36-15-8-9-16-38(36)54(24-10-11-28-68(60,61)62)40(46)17-6-5-7-18-41-47(3,4)37-30-35(69(49,63)64)19-20-39(37)55(41)25-21-42(56)50-22-23-51-45(59)33-13-12-14-34(29-33)67-31-43(52-53-48)66-27-26-65-32-44(57)58/h5-9,12-20,29-30,43H,10-11,21-28,31-32H2,1-4H3,(H5-,49,50,51,56,57,58,59,60,61,62,63,64)/p+1. The number of azide groups is 1. The molecule has 2 heterocycles. The normalized spacial score (nSPS) is 16.1. The number of anilines is 1. The number of primary sulfonamides is 1. The lowest BCUT2D eigenvalue weighted by atomic mass is 9.81. The van der Waals surface area contributed by atoms with Crippen molar-refractivity contribution in [3.05, 3.63) is 130 Å². The molecule has 3 aromatic carbocycles. The van der Waals surface area contributed by atoms with E-state index in [1.165, 1.54) is 12.1 Å². The van der Waals surface area contributed by atoms with E-state index in [2.05, 4.69) is 45.1 Å². The minimum atomic E-state index is -4.06. The van der Waals surface area contributed by atoms with Gasteiger partial charge in [-0.15, -0.1) is 0 Å². The van der Waals surface area contributed by atoms with Crippen molar-refractivity contribution in [2.24, 2.45) is 10.3 Å². The zero-order chi connectivity index (χ0) is 50.4. The second kappa shape index (κ2) is 23.8. The number of nitrogens with zero attached hydrogens (tertiary/aromatic N) is 5. The van der Waals surface area contributed by atoms with Crippen molar-refractivity contribution in [1.29, 1.82) is 0 Å². The number of carboxylic acids is 1. The second-order valence-electron chi connectivity index (χ2n) is 17.1. The number of sulfonamides is 1. The SMILES string of the molecule is CC1(C)C(/C=C/C=C/C=C2\N(CCC(=O)NCCNC(=O)c3cccc(OCC(N=[N+]=[N-])OCCOCC(=O)O)c3)c3ccc(S(N)(=O)=O)cc3C2(C)C)=[N+](CCCCS(=O)(=O)O)c2ccccc21. The highest BCUT2D eigenvalue weighted by atomic mass is 32.2. The zero-order valence-corrected chi connectivity index (χ0v) is 40.5. The van der Waals surface area contributed by atoms with Crippen LogP contribution in [0.5, 0.6) is 5.75 Å². The van der Waals surface area contributed by atoms with Crippen LogP contribution >= 0.6 is 0 Å². The Morgan fingerprint density at radius 2 is 1.68 bits per heavy atom. The Morgan fingerprint density at radius 1 is 0.928 bits per heavy atom. The van der Waals surface area contributed by atoms with E-state index in [9.17, 15) is 35.8 Å². The van der Waals surface area contributed by atoms with Gasteiger partial charge in [0, 0.05) is 77.5 Å². The van der Waals surface area contributed by atoms with Gasteiger partial charge >= 0.3 is 5.97 Å². The Labute approximate surface area is 401 Å². The lowest BCUT2D eigenvalue weighted by Gasteiger charge is -2.27. The molecule has 1 unspecified atom stereocenters. The Balaban J connectivity index is 1.21. The van der Waals surface area contributed by atoms with Gasteiger partial charge in [0.15, 0.2) is 11.9 Å². The van der Waals surface area contributed by atoms with Crippen LogP contribution < -0.4 is 25.4 Å². The van der Waals surface area contributed by atoms with Gasteiger partial charge < -0.3 is 34.9 Å². The average molecular weight is 992 g/mol. The van der Waals surface area contributed by atoms with Crippen molar-refractivity contribution in [2.45, 2.75) is 68.9 Å². The molecule has 0 fully saturated rings. The number of amides is 2. The number of hydrogen-bond donors (Lipinski definition) is 5. The Hall–Kier alpha value is -6.39. The number of carboxylic acid groups (broad SMARTS) is 1. The molecule has 0 saturated carbocycles. The largest absolute Gasteiger partial charge is 0.491 e. The fraction of sp³-hybridized carbons (Fsp3) is 0.404. The predicted octanol–water partition coefficient (Wildman–Crippen LogP) is 5.24. The third-order valence-electron chi connectivity index (χ3n) is 11.5. The first-order chi connectivity index (χ1) is 32.6. The Kier molecular flexibility index (Phi) is 18.4. The van der Waals surface area contributed by atoms with Crippen LogP contribution in [0.25, 0.3) is 10.4 Å². The highest BCUT2D eigenvalue weighted by Gasteiger charge is 2.44. The molecule has 2 aliphatic rings. The summed E-state index contributed by atoms with van der Waals surface area (Å²) in [4.78, 5) is 41.4. The molecule has 0 aromatic heterocycles. The van der Waals surface area contributed by atoms with Gasteiger partial charge in [-0.05, 0) is 73.8 Å². The highest BCUT2D eigenvalue weighted by Crippen LogP contribution is 2.48. The van der Waals surface area contributed by atoms with Gasteiger partial charge in [-0.1, -0.05) is 61.5 Å². The van der Waals surface area contributed by atoms with Gasteiger partial charge in [0.05, 0.1) is 29.3 Å². The number of nitrogens with two attached hydrogens (primary N) is 1. The van der Waals surface area contributed by atoms with Gasteiger partial charge in [-0.3, -0.25) is 14.1 Å². The highest BCUT2D eigenvalue weighted by molar-refractivity contribution is 7.89. The van der Waals surface area contributed by atoms with E-state index in [0.29, 0.717) is 25.1 Å². The van der Waals surface area contributed by atoms with Crippen molar-refractivity contribution in [2.75, 3.05) is 63.3 Å². The summed E-state index contributed by atoms with van der Waals surface area (Å²) in [7, 11) is -8.07. The molecular weight excluding hydrogens is 933 g/mol. The number of unbranched alkanes of at least 4 members (excludes halogenated alkanes) is 1. The molecule has 2 amide bonds. The number of hydrogen-bond acceptors (Lipinski definition) is 12. The molecule has 0 saturated heterocycles. The second-order valence-corrected chi connectivity index (χ2v) is 20.3. The lowest BCUT2D eigenvalue weighted by molar-refractivity contribution is -0.438. The molecule has 22 heteroatoms. The van der Waals surface area contributed by atoms with E-state index in [1.807, 2.05) is 67.3 Å². The number of rotatable bonds is 26. The molecule has 3 aromatic rings. The number of ether oxygens (including phenoxy) is 3. The maximum atomic E-state index is 13.2. The molecule has 0 bridgehead atoms. The number of nitrogens with one attached hydrogen (secondary N) is 2. The Bertz CT molecular complexity index is 2780. The number of benzene rings is 3. The summed E-state index contributed by atoms with van der Waals surface area (Å²) in [6, 6.07) is 19.0. The summed E-state index contributed by atoms with van der Waals surface area (Å²) < 4.78 is 74.8.